The minimum atomic E-state index is -0.214. The summed E-state index contributed by atoms with van der Waals surface area (Å²) in [6, 6.07) is 15.2. The summed E-state index contributed by atoms with van der Waals surface area (Å²) in [5.41, 5.74) is 2.86. The highest BCUT2D eigenvalue weighted by Crippen LogP contribution is 2.31. The summed E-state index contributed by atoms with van der Waals surface area (Å²) in [6.45, 7) is 7.19. The number of anilines is 1. The fraction of sp³-hybridized carbons (Fsp3) is 0.304. The van der Waals surface area contributed by atoms with Crippen LogP contribution in [-0.4, -0.2) is 28.9 Å². The van der Waals surface area contributed by atoms with Crippen LogP contribution in [0, 0.1) is 6.92 Å². The quantitative estimate of drug-likeness (QED) is 0.555. The fourth-order valence-electron chi connectivity index (χ4n) is 2.90. The summed E-state index contributed by atoms with van der Waals surface area (Å²) >= 11 is 0. The maximum Gasteiger partial charge on any atom is 0.259 e. The van der Waals surface area contributed by atoms with Gasteiger partial charge in [0, 0.05) is 11.8 Å². The molecule has 0 aliphatic carbocycles. The Kier molecular flexibility index (Phi) is 6.89. The van der Waals surface area contributed by atoms with E-state index in [4.69, 9.17) is 9.47 Å². The molecule has 3 rings (SSSR count). The largest absolute Gasteiger partial charge is 0.490 e. The zero-order valence-corrected chi connectivity index (χ0v) is 17.1. The molecule has 0 saturated carbocycles. The molecular formula is C23H27N3O3. The lowest BCUT2D eigenvalue weighted by Gasteiger charge is -2.14. The van der Waals surface area contributed by atoms with Gasteiger partial charge in [-0.15, -0.1) is 0 Å². The van der Waals surface area contributed by atoms with Crippen LogP contribution in [0.15, 0.2) is 54.7 Å². The summed E-state index contributed by atoms with van der Waals surface area (Å²) in [4.78, 5) is 12.8. The van der Waals surface area contributed by atoms with Crippen molar-refractivity contribution < 1.29 is 14.3 Å². The van der Waals surface area contributed by atoms with E-state index in [1.165, 1.54) is 0 Å². The average molecular weight is 393 g/mol. The number of para-hydroxylation sites is 1. The Balaban J connectivity index is 1.79. The highest BCUT2D eigenvalue weighted by atomic mass is 16.5. The minimum Gasteiger partial charge on any atom is -0.490 e. The first kappa shape index (κ1) is 20.5. The third-order valence-electron chi connectivity index (χ3n) is 4.38. The Morgan fingerprint density at radius 3 is 2.38 bits per heavy atom. The summed E-state index contributed by atoms with van der Waals surface area (Å²) in [7, 11) is 0. The van der Waals surface area contributed by atoms with Gasteiger partial charge in [-0.05, 0) is 44.0 Å². The van der Waals surface area contributed by atoms with Gasteiger partial charge in [0.15, 0.2) is 11.5 Å². The van der Waals surface area contributed by atoms with Crippen molar-refractivity contribution in [3.05, 3.63) is 66.0 Å². The van der Waals surface area contributed by atoms with Gasteiger partial charge >= 0.3 is 0 Å². The predicted octanol–water partition coefficient (Wildman–Crippen LogP) is 5.01. The number of rotatable bonds is 9. The van der Waals surface area contributed by atoms with Gasteiger partial charge in [-0.1, -0.05) is 32.0 Å². The highest BCUT2D eigenvalue weighted by molar-refractivity contribution is 6.05. The standard InChI is InChI=1S/C23H27N3O3/c1-4-13-28-21-12-11-18(15-22(21)29-14-5-2)25-23(27)20-16-24-26(17(20)3)19-9-7-6-8-10-19/h6-12,15-16H,4-5,13-14H2,1-3H3,(H,25,27). The Morgan fingerprint density at radius 1 is 1.00 bits per heavy atom. The summed E-state index contributed by atoms with van der Waals surface area (Å²) < 4.78 is 13.3. The topological polar surface area (TPSA) is 65.4 Å². The molecule has 29 heavy (non-hydrogen) atoms. The smallest absolute Gasteiger partial charge is 0.259 e. The Labute approximate surface area is 171 Å². The van der Waals surface area contributed by atoms with Gasteiger partial charge < -0.3 is 14.8 Å². The molecular weight excluding hydrogens is 366 g/mol. The van der Waals surface area contributed by atoms with Gasteiger partial charge in [0.2, 0.25) is 0 Å². The lowest BCUT2D eigenvalue weighted by atomic mass is 10.2. The number of hydrogen-bond donors (Lipinski definition) is 1. The second-order valence-corrected chi connectivity index (χ2v) is 6.70. The lowest BCUT2D eigenvalue weighted by molar-refractivity contribution is 0.102. The number of amides is 1. The van der Waals surface area contributed by atoms with Crippen LogP contribution in [0.5, 0.6) is 11.5 Å². The van der Waals surface area contributed by atoms with Crippen LogP contribution < -0.4 is 14.8 Å². The summed E-state index contributed by atoms with van der Waals surface area (Å²) in [6.07, 6.45) is 3.39. The van der Waals surface area contributed by atoms with E-state index < -0.39 is 0 Å². The van der Waals surface area contributed by atoms with Gasteiger partial charge in [-0.2, -0.15) is 5.10 Å². The van der Waals surface area contributed by atoms with Crippen LogP contribution in [-0.2, 0) is 0 Å². The van der Waals surface area contributed by atoms with Gasteiger partial charge in [0.25, 0.3) is 5.91 Å². The zero-order valence-electron chi connectivity index (χ0n) is 17.1. The molecule has 1 aromatic heterocycles. The van der Waals surface area contributed by atoms with Gasteiger partial charge in [0.05, 0.1) is 36.4 Å². The minimum absolute atomic E-state index is 0.214. The Bertz CT molecular complexity index is 951. The molecule has 0 atom stereocenters. The van der Waals surface area contributed by atoms with E-state index in [1.54, 1.807) is 16.9 Å². The predicted molar refractivity (Wildman–Crippen MR) is 114 cm³/mol. The van der Waals surface area contributed by atoms with Crippen molar-refractivity contribution in [3.8, 4) is 17.2 Å². The van der Waals surface area contributed by atoms with E-state index in [0.717, 1.165) is 24.2 Å². The van der Waals surface area contributed by atoms with Crippen molar-refractivity contribution in [1.29, 1.82) is 0 Å². The number of nitrogens with one attached hydrogen (secondary N) is 1. The van der Waals surface area contributed by atoms with E-state index in [-0.39, 0.29) is 5.91 Å². The first-order valence-corrected chi connectivity index (χ1v) is 9.95. The number of hydrogen-bond acceptors (Lipinski definition) is 4. The van der Waals surface area contributed by atoms with E-state index >= 15 is 0 Å². The van der Waals surface area contributed by atoms with Crippen molar-refractivity contribution in [1.82, 2.24) is 9.78 Å². The molecule has 6 nitrogen and oxygen atoms in total. The molecule has 0 spiro atoms. The van der Waals surface area contributed by atoms with Crippen LogP contribution >= 0.6 is 0 Å². The molecule has 0 bridgehead atoms. The lowest BCUT2D eigenvalue weighted by Crippen LogP contribution is -2.13. The first-order chi connectivity index (χ1) is 14.1. The average Bonchev–Trinajstić information content (AvgIpc) is 3.13. The monoisotopic (exact) mass is 393 g/mol. The van der Waals surface area contributed by atoms with Crippen LogP contribution in [0.3, 0.4) is 0 Å². The third-order valence-corrected chi connectivity index (χ3v) is 4.38. The molecule has 0 radical (unpaired) electrons. The molecule has 1 heterocycles. The number of aromatic nitrogens is 2. The van der Waals surface area contributed by atoms with Crippen LogP contribution in [0.2, 0.25) is 0 Å². The summed E-state index contributed by atoms with van der Waals surface area (Å²) in [5, 5.41) is 7.30. The molecule has 2 aromatic carbocycles. The third kappa shape index (κ3) is 4.96. The second kappa shape index (κ2) is 9.78. The molecule has 0 aliphatic rings. The van der Waals surface area contributed by atoms with Crippen molar-refractivity contribution in [2.75, 3.05) is 18.5 Å². The maximum absolute atomic E-state index is 12.8. The molecule has 0 aliphatic heterocycles. The van der Waals surface area contributed by atoms with Crippen LogP contribution in [0.25, 0.3) is 5.69 Å². The van der Waals surface area contributed by atoms with E-state index in [2.05, 4.69) is 17.3 Å². The van der Waals surface area contributed by atoms with E-state index in [0.29, 0.717) is 36.0 Å². The molecule has 6 heteroatoms. The zero-order chi connectivity index (χ0) is 20.6. The maximum atomic E-state index is 12.8. The van der Waals surface area contributed by atoms with Gasteiger partial charge in [0.1, 0.15) is 0 Å². The van der Waals surface area contributed by atoms with Gasteiger partial charge in [-0.3, -0.25) is 4.79 Å². The summed E-state index contributed by atoms with van der Waals surface area (Å²) in [5.74, 6) is 1.11. The molecule has 1 N–H and O–H groups in total. The SMILES string of the molecule is CCCOc1ccc(NC(=O)c2cnn(-c3ccccc3)c2C)cc1OCCC. The van der Waals surface area contributed by atoms with Crippen molar-refractivity contribution in [2.24, 2.45) is 0 Å². The molecule has 0 saturated heterocycles. The number of ether oxygens (including phenoxy) is 2. The van der Waals surface area contributed by atoms with Crippen molar-refractivity contribution in [2.45, 2.75) is 33.6 Å². The number of nitrogens with zero attached hydrogens (tertiary/aromatic N) is 2. The highest BCUT2D eigenvalue weighted by Gasteiger charge is 2.16. The van der Waals surface area contributed by atoms with Crippen molar-refractivity contribution in [3.63, 3.8) is 0 Å². The molecule has 1 amide bonds. The fourth-order valence-corrected chi connectivity index (χ4v) is 2.90. The number of carbonyl (C=O) groups is 1. The Morgan fingerprint density at radius 2 is 1.69 bits per heavy atom. The number of carbonyl (C=O) groups excluding carboxylic acids is 1. The normalized spacial score (nSPS) is 10.6. The van der Waals surface area contributed by atoms with E-state index in [1.807, 2.05) is 56.3 Å². The first-order valence-electron chi connectivity index (χ1n) is 9.95. The number of benzene rings is 2. The van der Waals surface area contributed by atoms with E-state index in [9.17, 15) is 4.79 Å². The van der Waals surface area contributed by atoms with Crippen LogP contribution in [0.1, 0.15) is 42.7 Å². The molecule has 152 valence electrons. The molecule has 3 aromatic rings. The van der Waals surface area contributed by atoms with Crippen LogP contribution in [0.4, 0.5) is 5.69 Å². The second-order valence-electron chi connectivity index (χ2n) is 6.70. The molecule has 0 unspecified atom stereocenters. The molecule has 0 fully saturated rings. The van der Waals surface area contributed by atoms with Crippen molar-refractivity contribution >= 4 is 11.6 Å². The Hall–Kier alpha value is -3.28. The van der Waals surface area contributed by atoms with Gasteiger partial charge in [-0.25, -0.2) is 4.68 Å².